The van der Waals surface area contributed by atoms with Crippen LogP contribution in [0.1, 0.15) is 12.8 Å². The molecule has 2 rings (SSSR count). The van der Waals surface area contributed by atoms with Crippen LogP contribution in [0.3, 0.4) is 0 Å². The van der Waals surface area contributed by atoms with Gasteiger partial charge in [0.25, 0.3) is 0 Å². The maximum Gasteiger partial charge on any atom is 0.341 e. The summed E-state index contributed by atoms with van der Waals surface area (Å²) in [6.07, 6.45) is 2.22. The lowest BCUT2D eigenvalue weighted by molar-refractivity contribution is 0.235. The van der Waals surface area contributed by atoms with E-state index < -0.39 is 15.6 Å². The summed E-state index contributed by atoms with van der Waals surface area (Å²) >= 11 is 1.82. The Morgan fingerprint density at radius 2 is 2.11 bits per heavy atom. The second-order valence-corrected chi connectivity index (χ2v) is 7.61. The molecule has 0 bridgehead atoms. The van der Waals surface area contributed by atoms with E-state index >= 15 is 0 Å². The largest absolute Gasteiger partial charge is 0.383 e. The Bertz CT molecular complexity index is 528. The number of benzene rings is 1. The lowest BCUT2D eigenvalue weighted by Gasteiger charge is -2.14. The first-order valence-corrected chi connectivity index (χ1v) is 8.58. The van der Waals surface area contributed by atoms with E-state index in [2.05, 4.69) is 5.32 Å². The van der Waals surface area contributed by atoms with Gasteiger partial charge in [-0.25, -0.2) is 8.42 Å². The molecule has 19 heavy (non-hydrogen) atoms. The lowest BCUT2D eigenvalue weighted by Crippen LogP contribution is -2.18. The van der Waals surface area contributed by atoms with Crippen LogP contribution in [-0.2, 0) is 9.84 Å². The Kier molecular flexibility index (Phi) is 4.67. The summed E-state index contributed by atoms with van der Waals surface area (Å²) in [5.74, 6) is -2.29. The molecule has 1 saturated heterocycles. The Hall–Kier alpha value is -0.820. The summed E-state index contributed by atoms with van der Waals surface area (Å²) in [6, 6.07) is 5.82. The van der Waals surface area contributed by atoms with Gasteiger partial charge in [0.1, 0.15) is 0 Å². The predicted molar refractivity (Wildman–Crippen MR) is 73.6 cm³/mol. The molecule has 0 aliphatic carbocycles. The maximum absolute atomic E-state index is 12.6. The first kappa shape index (κ1) is 14.6. The molecule has 1 unspecified atom stereocenters. The number of hydrogen-bond acceptors (Lipinski definition) is 4. The quantitative estimate of drug-likeness (QED) is 0.908. The Morgan fingerprint density at radius 3 is 2.74 bits per heavy atom. The average molecular weight is 307 g/mol. The van der Waals surface area contributed by atoms with Crippen molar-refractivity contribution in [1.82, 2.24) is 0 Å². The molecule has 0 saturated carbocycles. The molecule has 1 aromatic carbocycles. The zero-order valence-electron chi connectivity index (χ0n) is 10.2. The number of alkyl halides is 2. The number of anilines is 1. The number of hydrogen-bond donors (Lipinski definition) is 1. The van der Waals surface area contributed by atoms with E-state index in [1.165, 1.54) is 18.2 Å². The van der Waals surface area contributed by atoms with E-state index in [1.807, 2.05) is 11.8 Å². The van der Waals surface area contributed by atoms with E-state index in [0.717, 1.165) is 18.6 Å². The number of thioether (sulfide) groups is 1. The fraction of sp³-hybridized carbons (Fsp3) is 0.500. The monoisotopic (exact) mass is 307 g/mol. The first-order chi connectivity index (χ1) is 9.01. The van der Waals surface area contributed by atoms with Crippen LogP contribution in [0.25, 0.3) is 0 Å². The number of para-hydroxylation sites is 1. The highest BCUT2D eigenvalue weighted by atomic mass is 32.2. The molecule has 0 radical (unpaired) electrons. The highest BCUT2D eigenvalue weighted by Crippen LogP contribution is 2.29. The summed E-state index contributed by atoms with van der Waals surface area (Å²) in [5.41, 5.74) is 0.260. The smallest absolute Gasteiger partial charge is 0.341 e. The van der Waals surface area contributed by atoms with Crippen LogP contribution in [0.5, 0.6) is 0 Å². The van der Waals surface area contributed by atoms with Crippen LogP contribution in [0.4, 0.5) is 14.5 Å². The van der Waals surface area contributed by atoms with Crippen molar-refractivity contribution in [2.75, 3.05) is 17.6 Å². The fourth-order valence-electron chi connectivity index (χ4n) is 1.99. The molecular formula is C12H15F2NO2S2. The SMILES string of the molecule is O=S(=O)(c1ccccc1NCC1CCCS1)C(F)F. The Labute approximate surface area is 115 Å². The van der Waals surface area contributed by atoms with Gasteiger partial charge in [0, 0.05) is 11.8 Å². The minimum Gasteiger partial charge on any atom is -0.383 e. The molecule has 1 aliphatic rings. The van der Waals surface area contributed by atoms with E-state index in [-0.39, 0.29) is 10.6 Å². The maximum atomic E-state index is 12.6. The van der Waals surface area contributed by atoms with E-state index in [9.17, 15) is 17.2 Å². The van der Waals surface area contributed by atoms with Gasteiger partial charge in [-0.3, -0.25) is 0 Å². The molecule has 0 spiro atoms. The van der Waals surface area contributed by atoms with Crippen molar-refractivity contribution in [3.05, 3.63) is 24.3 Å². The molecule has 0 amide bonds. The Balaban J connectivity index is 2.16. The van der Waals surface area contributed by atoms with Crippen LogP contribution >= 0.6 is 11.8 Å². The van der Waals surface area contributed by atoms with E-state index in [0.29, 0.717) is 11.8 Å². The Morgan fingerprint density at radius 1 is 1.37 bits per heavy atom. The predicted octanol–water partition coefficient (Wildman–Crippen LogP) is 2.99. The fourth-order valence-corrected chi connectivity index (χ4v) is 4.09. The number of nitrogens with one attached hydrogen (secondary N) is 1. The molecule has 7 heteroatoms. The molecular weight excluding hydrogens is 292 g/mol. The van der Waals surface area contributed by atoms with Crippen molar-refractivity contribution in [2.45, 2.75) is 28.7 Å². The van der Waals surface area contributed by atoms with Crippen LogP contribution in [0.15, 0.2) is 29.2 Å². The van der Waals surface area contributed by atoms with E-state index in [4.69, 9.17) is 0 Å². The van der Waals surface area contributed by atoms with Gasteiger partial charge in [-0.05, 0) is 30.7 Å². The third kappa shape index (κ3) is 3.39. The highest BCUT2D eigenvalue weighted by molar-refractivity contribution is 8.00. The molecule has 0 aromatic heterocycles. The summed E-state index contributed by atoms with van der Waals surface area (Å²) < 4.78 is 48.3. The number of sulfone groups is 1. The van der Waals surface area contributed by atoms with Crippen LogP contribution in [0.2, 0.25) is 0 Å². The van der Waals surface area contributed by atoms with Crippen molar-refractivity contribution < 1.29 is 17.2 Å². The molecule has 1 aromatic rings. The van der Waals surface area contributed by atoms with Crippen LogP contribution in [-0.4, -0.2) is 31.7 Å². The zero-order chi connectivity index (χ0) is 13.9. The molecule has 106 valence electrons. The first-order valence-electron chi connectivity index (χ1n) is 5.98. The van der Waals surface area contributed by atoms with Gasteiger partial charge in [0.2, 0.25) is 9.84 Å². The van der Waals surface area contributed by atoms with Crippen molar-refractivity contribution >= 4 is 27.3 Å². The third-order valence-electron chi connectivity index (χ3n) is 2.97. The standard InChI is InChI=1S/C12H15F2NO2S2/c13-12(14)19(16,17)11-6-2-1-5-10(11)15-8-9-4-3-7-18-9/h1-2,5-6,9,12,15H,3-4,7-8H2. The second-order valence-electron chi connectivity index (χ2n) is 4.32. The van der Waals surface area contributed by atoms with Gasteiger partial charge in [0.15, 0.2) is 0 Å². The summed E-state index contributed by atoms with van der Waals surface area (Å²) in [4.78, 5) is -0.326. The normalized spacial score (nSPS) is 19.8. The molecule has 3 nitrogen and oxygen atoms in total. The second kappa shape index (κ2) is 6.09. The van der Waals surface area contributed by atoms with Gasteiger partial charge in [-0.2, -0.15) is 20.5 Å². The highest BCUT2D eigenvalue weighted by Gasteiger charge is 2.29. The molecule has 1 N–H and O–H groups in total. The summed E-state index contributed by atoms with van der Waals surface area (Å²) in [6.45, 7) is 0.598. The van der Waals surface area contributed by atoms with Crippen molar-refractivity contribution in [3.63, 3.8) is 0 Å². The van der Waals surface area contributed by atoms with Gasteiger partial charge >= 0.3 is 5.76 Å². The number of halogens is 2. The van der Waals surface area contributed by atoms with Gasteiger partial charge in [0.05, 0.1) is 10.6 Å². The van der Waals surface area contributed by atoms with Crippen LogP contribution < -0.4 is 5.32 Å². The average Bonchev–Trinajstić information content (AvgIpc) is 2.89. The van der Waals surface area contributed by atoms with Crippen LogP contribution in [0, 0.1) is 0 Å². The molecule has 1 atom stereocenters. The van der Waals surface area contributed by atoms with Crippen molar-refractivity contribution in [1.29, 1.82) is 0 Å². The van der Waals surface area contributed by atoms with Gasteiger partial charge in [-0.15, -0.1) is 0 Å². The lowest BCUT2D eigenvalue weighted by atomic mass is 10.2. The topological polar surface area (TPSA) is 46.2 Å². The minimum absolute atomic E-state index is 0.260. The summed E-state index contributed by atoms with van der Waals surface area (Å²) in [5, 5.41) is 3.40. The molecule has 1 aliphatic heterocycles. The summed E-state index contributed by atoms with van der Waals surface area (Å²) in [7, 11) is -4.56. The number of rotatable bonds is 5. The zero-order valence-corrected chi connectivity index (χ0v) is 11.8. The van der Waals surface area contributed by atoms with Gasteiger partial charge < -0.3 is 5.32 Å². The molecule has 1 fully saturated rings. The third-order valence-corrected chi connectivity index (χ3v) is 5.81. The van der Waals surface area contributed by atoms with Crippen molar-refractivity contribution in [3.8, 4) is 0 Å². The minimum atomic E-state index is -4.56. The molecule has 1 heterocycles. The van der Waals surface area contributed by atoms with Gasteiger partial charge in [-0.1, -0.05) is 12.1 Å². The van der Waals surface area contributed by atoms with E-state index in [1.54, 1.807) is 6.07 Å². The van der Waals surface area contributed by atoms with Crippen molar-refractivity contribution in [2.24, 2.45) is 0 Å².